The molecule has 0 aliphatic carbocycles. The number of morpholine rings is 1. The molecule has 1 N–H and O–H groups in total. The highest BCUT2D eigenvalue weighted by Gasteiger charge is 2.15. The van der Waals surface area contributed by atoms with E-state index in [-0.39, 0.29) is 0 Å². The highest BCUT2D eigenvalue weighted by atomic mass is 16.5. The van der Waals surface area contributed by atoms with Gasteiger partial charge in [0.05, 0.1) is 12.7 Å². The van der Waals surface area contributed by atoms with E-state index in [2.05, 4.69) is 19.2 Å². The maximum absolute atomic E-state index is 5.33. The first-order valence-corrected chi connectivity index (χ1v) is 3.15. The average Bonchev–Trinajstić information content (AvgIpc) is 1.77. The van der Waals surface area contributed by atoms with Gasteiger partial charge >= 0.3 is 0 Å². The number of hydrogen-bond acceptors (Lipinski definition) is 2. The minimum atomic E-state index is 0.392. The van der Waals surface area contributed by atoms with E-state index in [0.29, 0.717) is 12.1 Å². The molecule has 2 unspecified atom stereocenters. The lowest BCUT2D eigenvalue weighted by atomic mass is 10.2. The van der Waals surface area contributed by atoms with Gasteiger partial charge in [-0.15, -0.1) is 0 Å². The minimum absolute atomic E-state index is 0.392. The largest absolute Gasteiger partial charge is 0.376 e. The van der Waals surface area contributed by atoms with E-state index in [1.54, 1.807) is 0 Å². The molecule has 0 aromatic rings. The van der Waals surface area contributed by atoms with E-state index in [1.807, 2.05) is 0 Å². The number of rotatable bonds is 0. The van der Waals surface area contributed by atoms with Gasteiger partial charge in [-0.2, -0.15) is 0 Å². The molecule has 8 heavy (non-hydrogen) atoms. The fourth-order valence-electron chi connectivity index (χ4n) is 0.842. The average molecular weight is 115 g/mol. The Bertz CT molecular complexity index is 64.9. The van der Waals surface area contributed by atoms with Crippen molar-refractivity contribution in [2.75, 3.05) is 13.2 Å². The number of nitrogens with one attached hydrogen (secondary N) is 1. The third kappa shape index (κ3) is 1.20. The summed E-state index contributed by atoms with van der Waals surface area (Å²) in [6.45, 7) is 6.11. The molecule has 1 rings (SSSR count). The second kappa shape index (κ2) is 2.46. The summed E-state index contributed by atoms with van der Waals surface area (Å²) in [5, 5.41) is 3.31. The quantitative estimate of drug-likeness (QED) is 0.493. The SMILES string of the molecule is CC1NCCOC1C. The first kappa shape index (κ1) is 6.05. The van der Waals surface area contributed by atoms with Crippen molar-refractivity contribution < 1.29 is 4.74 Å². The highest BCUT2D eigenvalue weighted by Crippen LogP contribution is 2.00. The first-order valence-electron chi connectivity index (χ1n) is 3.15. The maximum atomic E-state index is 5.33. The molecule has 2 nitrogen and oxygen atoms in total. The van der Waals surface area contributed by atoms with E-state index in [4.69, 9.17) is 4.74 Å². The topological polar surface area (TPSA) is 21.3 Å². The van der Waals surface area contributed by atoms with Gasteiger partial charge in [0.25, 0.3) is 0 Å². The summed E-state index contributed by atoms with van der Waals surface area (Å²) in [6, 6.07) is 0.531. The lowest BCUT2D eigenvalue weighted by molar-refractivity contribution is 0.0135. The lowest BCUT2D eigenvalue weighted by Crippen LogP contribution is -2.44. The van der Waals surface area contributed by atoms with Gasteiger partial charge in [-0.1, -0.05) is 0 Å². The second-order valence-corrected chi connectivity index (χ2v) is 2.32. The van der Waals surface area contributed by atoms with Crippen LogP contribution in [0, 0.1) is 0 Å². The summed E-state index contributed by atoms with van der Waals surface area (Å²) >= 11 is 0. The molecule has 0 radical (unpaired) electrons. The van der Waals surface area contributed by atoms with Gasteiger partial charge in [0.15, 0.2) is 0 Å². The van der Waals surface area contributed by atoms with Crippen LogP contribution in [0.15, 0.2) is 0 Å². The molecule has 2 heteroatoms. The van der Waals surface area contributed by atoms with Gasteiger partial charge in [0.2, 0.25) is 0 Å². The molecule has 0 spiro atoms. The highest BCUT2D eigenvalue weighted by molar-refractivity contribution is 4.71. The third-order valence-electron chi connectivity index (χ3n) is 1.65. The molecular formula is C6H13NO. The zero-order chi connectivity index (χ0) is 5.98. The summed E-state index contributed by atoms with van der Waals surface area (Å²) < 4.78 is 5.33. The van der Waals surface area contributed by atoms with Crippen molar-refractivity contribution in [1.29, 1.82) is 0 Å². The van der Waals surface area contributed by atoms with E-state index >= 15 is 0 Å². The Balaban J connectivity index is 2.28. The molecule has 0 amide bonds. The van der Waals surface area contributed by atoms with E-state index in [9.17, 15) is 0 Å². The maximum Gasteiger partial charge on any atom is 0.0697 e. The number of hydrogen-bond donors (Lipinski definition) is 1. The zero-order valence-electron chi connectivity index (χ0n) is 5.48. The van der Waals surface area contributed by atoms with Gasteiger partial charge < -0.3 is 10.1 Å². The van der Waals surface area contributed by atoms with E-state index in [0.717, 1.165) is 13.2 Å². The second-order valence-electron chi connectivity index (χ2n) is 2.32. The van der Waals surface area contributed by atoms with E-state index < -0.39 is 0 Å². The van der Waals surface area contributed by atoms with Gasteiger partial charge in [-0.05, 0) is 13.8 Å². The summed E-state index contributed by atoms with van der Waals surface area (Å²) in [5.41, 5.74) is 0. The molecule has 1 aliphatic rings. The fourth-order valence-corrected chi connectivity index (χ4v) is 0.842. The van der Waals surface area contributed by atoms with Crippen molar-refractivity contribution in [3.8, 4) is 0 Å². The molecule has 0 saturated carbocycles. The van der Waals surface area contributed by atoms with Crippen LogP contribution >= 0.6 is 0 Å². The lowest BCUT2D eigenvalue weighted by Gasteiger charge is -2.26. The molecular weight excluding hydrogens is 102 g/mol. The normalized spacial score (nSPS) is 39.8. The minimum Gasteiger partial charge on any atom is -0.376 e. The predicted octanol–water partition coefficient (Wildman–Crippen LogP) is 0.383. The molecule has 1 aliphatic heterocycles. The predicted molar refractivity (Wildman–Crippen MR) is 32.9 cm³/mol. The summed E-state index contributed by atoms with van der Waals surface area (Å²) in [7, 11) is 0. The third-order valence-corrected chi connectivity index (χ3v) is 1.65. The molecule has 0 bridgehead atoms. The summed E-state index contributed by atoms with van der Waals surface area (Å²) in [4.78, 5) is 0. The van der Waals surface area contributed by atoms with Gasteiger partial charge in [0, 0.05) is 12.6 Å². The van der Waals surface area contributed by atoms with Crippen molar-refractivity contribution in [3.05, 3.63) is 0 Å². The van der Waals surface area contributed by atoms with Crippen molar-refractivity contribution in [2.24, 2.45) is 0 Å². The van der Waals surface area contributed by atoms with Crippen molar-refractivity contribution in [1.82, 2.24) is 5.32 Å². The van der Waals surface area contributed by atoms with Gasteiger partial charge in [-0.25, -0.2) is 0 Å². The monoisotopic (exact) mass is 115 g/mol. The van der Waals surface area contributed by atoms with Crippen LogP contribution in [0.4, 0.5) is 0 Å². The van der Waals surface area contributed by atoms with Crippen molar-refractivity contribution in [2.45, 2.75) is 26.0 Å². The van der Waals surface area contributed by atoms with Crippen LogP contribution in [0.3, 0.4) is 0 Å². The smallest absolute Gasteiger partial charge is 0.0697 e. The fraction of sp³-hybridized carbons (Fsp3) is 1.00. The standard InChI is InChI=1S/C6H13NO/c1-5-6(2)8-4-3-7-5/h5-7H,3-4H2,1-2H3. The van der Waals surface area contributed by atoms with Crippen LogP contribution in [-0.4, -0.2) is 25.3 Å². The van der Waals surface area contributed by atoms with Crippen molar-refractivity contribution in [3.63, 3.8) is 0 Å². The molecule has 0 aromatic heterocycles. The van der Waals surface area contributed by atoms with Crippen LogP contribution in [0.5, 0.6) is 0 Å². The van der Waals surface area contributed by atoms with E-state index in [1.165, 1.54) is 0 Å². The van der Waals surface area contributed by atoms with Crippen LogP contribution < -0.4 is 5.32 Å². The molecule has 1 saturated heterocycles. The Kier molecular flexibility index (Phi) is 1.86. The van der Waals surface area contributed by atoms with Gasteiger partial charge in [0.1, 0.15) is 0 Å². The Morgan fingerprint density at radius 2 is 2.25 bits per heavy atom. The summed E-state index contributed by atoms with van der Waals surface area (Å²) in [5.74, 6) is 0. The number of ether oxygens (including phenoxy) is 1. The Morgan fingerprint density at radius 1 is 1.50 bits per heavy atom. The van der Waals surface area contributed by atoms with Crippen LogP contribution in [-0.2, 0) is 4.74 Å². The van der Waals surface area contributed by atoms with Crippen LogP contribution in [0.25, 0.3) is 0 Å². The van der Waals surface area contributed by atoms with Crippen LogP contribution in [0.1, 0.15) is 13.8 Å². The Morgan fingerprint density at radius 3 is 2.62 bits per heavy atom. The Labute approximate surface area is 50.2 Å². The van der Waals surface area contributed by atoms with Gasteiger partial charge in [-0.3, -0.25) is 0 Å². The van der Waals surface area contributed by atoms with Crippen LogP contribution in [0.2, 0.25) is 0 Å². The Hall–Kier alpha value is -0.0800. The first-order chi connectivity index (χ1) is 3.80. The molecule has 1 fully saturated rings. The zero-order valence-corrected chi connectivity index (χ0v) is 5.48. The summed E-state index contributed by atoms with van der Waals surface area (Å²) in [6.07, 6.45) is 0.392. The molecule has 0 aromatic carbocycles. The molecule has 1 heterocycles. The molecule has 2 atom stereocenters. The molecule has 48 valence electrons. The van der Waals surface area contributed by atoms with Crippen molar-refractivity contribution >= 4 is 0 Å².